The largest absolute Gasteiger partial charge is 0.347 e. The fourth-order valence-electron chi connectivity index (χ4n) is 7.76. The van der Waals surface area contributed by atoms with Crippen LogP contribution in [0.4, 0.5) is 11.4 Å². The zero-order chi connectivity index (χ0) is 28.9. The lowest BCUT2D eigenvalue weighted by molar-refractivity contribution is -0.402. The molecule has 41 heavy (non-hydrogen) atoms. The summed E-state index contributed by atoms with van der Waals surface area (Å²) < 4.78 is 2.46. The molecule has 2 aliphatic carbocycles. The van der Waals surface area contributed by atoms with Crippen LogP contribution in [0.5, 0.6) is 0 Å². The highest BCUT2D eigenvalue weighted by atomic mass is 32.1. The Morgan fingerprint density at radius 2 is 1.71 bits per heavy atom. The molecule has 210 valence electrons. The van der Waals surface area contributed by atoms with E-state index >= 15 is 0 Å². The molecule has 6 rings (SSSR count). The van der Waals surface area contributed by atoms with E-state index in [1.165, 1.54) is 64.3 Å². The number of hydrogen-bond acceptors (Lipinski definition) is 2. The highest BCUT2D eigenvalue weighted by molar-refractivity contribution is 7.80. The minimum atomic E-state index is -0.0739. The second kappa shape index (κ2) is 10.5. The Bertz CT molecular complexity index is 1600. The molecule has 0 bridgehead atoms. The molecule has 1 saturated carbocycles. The lowest BCUT2D eigenvalue weighted by atomic mass is 9.71. The van der Waals surface area contributed by atoms with Gasteiger partial charge in [0.2, 0.25) is 5.69 Å². The number of nitrogens with zero attached hydrogens (tertiary/aromatic N) is 2. The highest BCUT2D eigenvalue weighted by Crippen LogP contribution is 2.48. The number of benzene rings is 2. The molecular weight excluding hydrogens is 516 g/mol. The summed E-state index contributed by atoms with van der Waals surface area (Å²) in [5, 5.41) is 0. The zero-order valence-corrected chi connectivity index (χ0v) is 26.3. The van der Waals surface area contributed by atoms with Crippen LogP contribution in [0.3, 0.4) is 0 Å². The van der Waals surface area contributed by atoms with Gasteiger partial charge in [0.05, 0.1) is 5.41 Å². The number of rotatable bonds is 4. The zero-order valence-electron chi connectivity index (χ0n) is 25.5. The fraction of sp³-hybridized carbons (Fsp3) is 0.368. The van der Waals surface area contributed by atoms with Crippen LogP contribution in [0.1, 0.15) is 70.9 Å². The maximum absolute atomic E-state index is 5.86. The third kappa shape index (κ3) is 4.73. The third-order valence-electron chi connectivity index (χ3n) is 9.90. The molecule has 2 aromatic carbocycles. The standard InChI is InChI=1S/C38H43N2S/c1-37(2)30-17-8-10-19-32(30)39(5)35(37)23-22-26-14-13-16-27(24-26)29(25-28-15-7-12-21-34(28)41)36-38(3,4)31-18-9-11-20-33(31)40(36)6/h7-12,15,17-20,22-23,25,27H,13-14,16,21,24H2,1-6H3/q+1. The second-order valence-electron chi connectivity index (χ2n) is 13.2. The Hall–Kier alpha value is -3.30. The monoisotopic (exact) mass is 559 g/mol. The van der Waals surface area contributed by atoms with Crippen molar-refractivity contribution < 1.29 is 4.58 Å². The van der Waals surface area contributed by atoms with Crippen LogP contribution in [0.15, 0.2) is 107 Å². The molecule has 0 saturated heterocycles. The molecule has 0 aromatic heterocycles. The van der Waals surface area contributed by atoms with Gasteiger partial charge in [-0.3, -0.25) is 0 Å². The summed E-state index contributed by atoms with van der Waals surface area (Å²) in [5.41, 5.74) is 12.4. The van der Waals surface area contributed by atoms with Crippen molar-refractivity contribution in [2.75, 3.05) is 19.0 Å². The SMILES string of the molecule is CN1C(=CC=C2CCCC(C(=CC3=CC=CCC3=S)C3=[N+](C)c4ccccc4C3(C)C)C2)C(C)(C)c2ccccc21. The van der Waals surface area contributed by atoms with Gasteiger partial charge >= 0.3 is 0 Å². The first-order valence-electron chi connectivity index (χ1n) is 15.2. The van der Waals surface area contributed by atoms with Crippen molar-refractivity contribution in [2.24, 2.45) is 5.92 Å². The van der Waals surface area contributed by atoms with Gasteiger partial charge in [-0.25, -0.2) is 0 Å². The van der Waals surface area contributed by atoms with E-state index in [-0.39, 0.29) is 10.8 Å². The average Bonchev–Trinajstić information content (AvgIpc) is 3.29. The van der Waals surface area contributed by atoms with Crippen molar-refractivity contribution in [1.29, 1.82) is 0 Å². The Morgan fingerprint density at radius 3 is 2.44 bits per heavy atom. The van der Waals surface area contributed by atoms with Crippen LogP contribution in [-0.4, -0.2) is 29.2 Å². The van der Waals surface area contributed by atoms with Crippen LogP contribution in [0.25, 0.3) is 0 Å². The molecule has 2 aliphatic heterocycles. The summed E-state index contributed by atoms with van der Waals surface area (Å²) in [6, 6.07) is 17.7. The van der Waals surface area contributed by atoms with Crippen LogP contribution >= 0.6 is 12.2 Å². The van der Waals surface area contributed by atoms with Crippen molar-refractivity contribution >= 4 is 34.2 Å². The van der Waals surface area contributed by atoms with Gasteiger partial charge in [-0.15, -0.1) is 0 Å². The molecule has 2 heterocycles. The number of anilines is 1. The molecule has 0 amide bonds. The molecule has 0 radical (unpaired) electrons. The van der Waals surface area contributed by atoms with Gasteiger partial charge in [0.25, 0.3) is 0 Å². The second-order valence-corrected chi connectivity index (χ2v) is 13.7. The minimum Gasteiger partial charge on any atom is -0.347 e. The Morgan fingerprint density at radius 1 is 0.976 bits per heavy atom. The number of allylic oxidation sites excluding steroid dienone is 10. The van der Waals surface area contributed by atoms with E-state index in [1.54, 1.807) is 5.57 Å². The van der Waals surface area contributed by atoms with E-state index in [9.17, 15) is 0 Å². The molecule has 0 spiro atoms. The average molecular weight is 560 g/mol. The molecule has 0 N–H and O–H groups in total. The number of thiocarbonyl (C=S) groups is 1. The Balaban J connectivity index is 1.39. The lowest BCUT2D eigenvalue weighted by Gasteiger charge is -2.30. The van der Waals surface area contributed by atoms with Gasteiger partial charge in [0.1, 0.15) is 7.05 Å². The number of fused-ring (bicyclic) bond motifs is 2. The van der Waals surface area contributed by atoms with E-state index in [0.29, 0.717) is 5.92 Å². The van der Waals surface area contributed by atoms with Gasteiger partial charge < -0.3 is 4.90 Å². The van der Waals surface area contributed by atoms with Crippen LogP contribution in [0, 0.1) is 5.92 Å². The van der Waals surface area contributed by atoms with E-state index in [0.717, 1.165) is 17.7 Å². The minimum absolute atomic E-state index is 0.00356. The lowest BCUT2D eigenvalue weighted by Crippen LogP contribution is -2.34. The first-order chi connectivity index (χ1) is 19.6. The van der Waals surface area contributed by atoms with Gasteiger partial charge in [-0.05, 0) is 74.8 Å². The van der Waals surface area contributed by atoms with Gasteiger partial charge in [-0.1, -0.05) is 92.3 Å². The summed E-state index contributed by atoms with van der Waals surface area (Å²) in [7, 11) is 4.47. The first kappa shape index (κ1) is 27.8. The molecule has 4 aliphatic rings. The smallest absolute Gasteiger partial charge is 0.209 e. The van der Waals surface area contributed by atoms with E-state index in [2.05, 4.69) is 136 Å². The summed E-state index contributed by atoms with van der Waals surface area (Å²) in [6.07, 6.45) is 19.4. The Kier molecular flexibility index (Phi) is 7.14. The fourth-order valence-corrected chi connectivity index (χ4v) is 7.98. The predicted octanol–water partition coefficient (Wildman–Crippen LogP) is 9.30. The molecule has 2 aromatic rings. The summed E-state index contributed by atoms with van der Waals surface area (Å²) >= 11 is 5.86. The van der Waals surface area contributed by atoms with E-state index in [1.807, 2.05) is 0 Å². The summed E-state index contributed by atoms with van der Waals surface area (Å²) in [4.78, 5) is 3.43. The van der Waals surface area contributed by atoms with Crippen molar-refractivity contribution in [3.05, 3.63) is 119 Å². The van der Waals surface area contributed by atoms with Crippen molar-refractivity contribution in [1.82, 2.24) is 0 Å². The normalized spacial score (nSPS) is 25.2. The van der Waals surface area contributed by atoms with Crippen LogP contribution < -0.4 is 4.90 Å². The van der Waals surface area contributed by atoms with Crippen molar-refractivity contribution in [2.45, 2.75) is 70.6 Å². The van der Waals surface area contributed by atoms with Crippen LogP contribution in [0.2, 0.25) is 0 Å². The first-order valence-corrected chi connectivity index (χ1v) is 15.6. The molecule has 3 heteroatoms. The predicted molar refractivity (Wildman–Crippen MR) is 179 cm³/mol. The maximum atomic E-state index is 5.86. The quantitative estimate of drug-likeness (QED) is 0.272. The molecule has 2 nitrogen and oxygen atoms in total. The van der Waals surface area contributed by atoms with Crippen molar-refractivity contribution in [3.63, 3.8) is 0 Å². The summed E-state index contributed by atoms with van der Waals surface area (Å²) in [5.74, 6) is 0.459. The topological polar surface area (TPSA) is 6.25 Å². The highest BCUT2D eigenvalue weighted by Gasteiger charge is 2.47. The Labute approximate surface area is 252 Å². The molecule has 1 atom stereocenters. The number of hydrogen-bond donors (Lipinski definition) is 0. The summed E-state index contributed by atoms with van der Waals surface area (Å²) in [6.45, 7) is 9.49. The van der Waals surface area contributed by atoms with Gasteiger partial charge in [0, 0.05) is 52.3 Å². The van der Waals surface area contributed by atoms with E-state index < -0.39 is 0 Å². The van der Waals surface area contributed by atoms with Gasteiger partial charge in [0.15, 0.2) is 5.71 Å². The molecule has 1 fully saturated rings. The number of likely N-dealkylation sites (N-methyl/N-ethyl adjacent to an activating group) is 1. The number of para-hydroxylation sites is 2. The van der Waals surface area contributed by atoms with Crippen molar-refractivity contribution in [3.8, 4) is 0 Å². The third-order valence-corrected chi connectivity index (χ3v) is 10.3. The van der Waals surface area contributed by atoms with E-state index in [4.69, 9.17) is 12.2 Å². The molecular formula is C38H43N2S+. The van der Waals surface area contributed by atoms with Crippen LogP contribution in [-0.2, 0) is 10.8 Å². The molecule has 1 unspecified atom stereocenters. The maximum Gasteiger partial charge on any atom is 0.209 e. The van der Waals surface area contributed by atoms with Gasteiger partial charge in [-0.2, -0.15) is 4.58 Å².